The molecule has 1 saturated carbocycles. The van der Waals surface area contributed by atoms with E-state index in [0.717, 1.165) is 19.1 Å². The van der Waals surface area contributed by atoms with Crippen molar-refractivity contribution in [2.75, 3.05) is 20.0 Å². The molecule has 0 N–H and O–H groups in total. The highest BCUT2D eigenvalue weighted by atomic mass is 16.7. The van der Waals surface area contributed by atoms with Gasteiger partial charge >= 0.3 is 0 Å². The molecule has 0 amide bonds. The van der Waals surface area contributed by atoms with Crippen LogP contribution in [0.15, 0.2) is 0 Å². The molecule has 0 aromatic carbocycles. The van der Waals surface area contributed by atoms with Crippen LogP contribution >= 0.6 is 0 Å². The Kier molecular flexibility index (Phi) is 2.04. The number of hydrogen-bond acceptors (Lipinski definition) is 3. The fourth-order valence-electron chi connectivity index (χ4n) is 2.64. The van der Waals surface area contributed by atoms with E-state index in [2.05, 4.69) is 0 Å². The van der Waals surface area contributed by atoms with Crippen LogP contribution in [-0.2, 0) is 14.2 Å². The number of rotatable bonds is 1. The van der Waals surface area contributed by atoms with Crippen LogP contribution in [0.2, 0.25) is 0 Å². The summed E-state index contributed by atoms with van der Waals surface area (Å²) in [5, 5.41) is 0. The molecular formula is C10H16O3. The topological polar surface area (TPSA) is 31.0 Å². The van der Waals surface area contributed by atoms with Crippen molar-refractivity contribution in [2.24, 2.45) is 11.8 Å². The summed E-state index contributed by atoms with van der Waals surface area (Å²) in [7, 11) is 0. The van der Waals surface area contributed by atoms with Gasteiger partial charge in [0.1, 0.15) is 6.79 Å². The van der Waals surface area contributed by atoms with Crippen molar-refractivity contribution in [1.82, 2.24) is 0 Å². The van der Waals surface area contributed by atoms with E-state index in [1.807, 2.05) is 0 Å². The average molecular weight is 184 g/mol. The zero-order valence-corrected chi connectivity index (χ0v) is 7.78. The number of fused-ring (bicyclic) bond motifs is 1. The van der Waals surface area contributed by atoms with Crippen molar-refractivity contribution in [3.8, 4) is 0 Å². The lowest BCUT2D eigenvalue weighted by atomic mass is 9.80. The van der Waals surface area contributed by atoms with Crippen molar-refractivity contribution < 1.29 is 14.2 Å². The molecule has 2 saturated heterocycles. The van der Waals surface area contributed by atoms with Crippen molar-refractivity contribution in [3.05, 3.63) is 0 Å². The molecule has 3 atom stereocenters. The molecule has 1 aliphatic carbocycles. The van der Waals surface area contributed by atoms with Crippen LogP contribution in [0.1, 0.15) is 19.3 Å². The third kappa shape index (κ3) is 1.60. The maximum atomic E-state index is 5.52. The van der Waals surface area contributed by atoms with Gasteiger partial charge in [-0.3, -0.25) is 0 Å². The van der Waals surface area contributed by atoms with Gasteiger partial charge in [0.05, 0.1) is 25.4 Å². The monoisotopic (exact) mass is 184 g/mol. The Morgan fingerprint density at radius 1 is 0.846 bits per heavy atom. The highest BCUT2D eigenvalue weighted by Crippen LogP contribution is 2.42. The Labute approximate surface area is 78.3 Å². The van der Waals surface area contributed by atoms with Gasteiger partial charge in [-0.1, -0.05) is 0 Å². The predicted molar refractivity (Wildman–Crippen MR) is 46.3 cm³/mol. The Morgan fingerprint density at radius 2 is 1.69 bits per heavy atom. The zero-order valence-electron chi connectivity index (χ0n) is 7.78. The Bertz CT molecular complexity index is 189. The lowest BCUT2D eigenvalue weighted by Crippen LogP contribution is -2.33. The molecule has 3 heteroatoms. The van der Waals surface area contributed by atoms with E-state index in [1.54, 1.807) is 0 Å². The van der Waals surface area contributed by atoms with E-state index >= 15 is 0 Å². The first-order valence-electron chi connectivity index (χ1n) is 5.24. The molecule has 13 heavy (non-hydrogen) atoms. The van der Waals surface area contributed by atoms with Gasteiger partial charge in [0.2, 0.25) is 0 Å². The van der Waals surface area contributed by atoms with Crippen molar-refractivity contribution in [3.63, 3.8) is 0 Å². The van der Waals surface area contributed by atoms with Crippen LogP contribution in [0, 0.1) is 11.8 Å². The molecule has 2 aliphatic heterocycles. The summed E-state index contributed by atoms with van der Waals surface area (Å²) in [4.78, 5) is 0. The zero-order chi connectivity index (χ0) is 8.67. The third-order valence-corrected chi connectivity index (χ3v) is 3.54. The number of epoxide rings is 1. The molecule has 3 aliphatic rings. The molecule has 0 bridgehead atoms. The summed E-state index contributed by atoms with van der Waals surface area (Å²) >= 11 is 0. The summed E-state index contributed by atoms with van der Waals surface area (Å²) in [6.45, 7) is 2.27. The Morgan fingerprint density at radius 3 is 2.46 bits per heavy atom. The summed E-state index contributed by atoms with van der Waals surface area (Å²) in [5.41, 5.74) is 0. The van der Waals surface area contributed by atoms with Crippen LogP contribution in [0.4, 0.5) is 0 Å². The first kappa shape index (κ1) is 8.21. The second-order valence-electron chi connectivity index (χ2n) is 4.41. The van der Waals surface area contributed by atoms with Gasteiger partial charge in [0, 0.05) is 5.92 Å². The maximum absolute atomic E-state index is 5.52. The molecule has 0 aromatic rings. The minimum absolute atomic E-state index is 0.492. The van der Waals surface area contributed by atoms with Crippen LogP contribution in [0.25, 0.3) is 0 Å². The molecule has 3 unspecified atom stereocenters. The summed E-state index contributed by atoms with van der Waals surface area (Å²) in [6.07, 6.45) is 4.99. The lowest BCUT2D eigenvalue weighted by Gasteiger charge is -2.31. The first-order chi connectivity index (χ1) is 6.43. The summed E-state index contributed by atoms with van der Waals surface area (Å²) in [5.74, 6) is 1.41. The summed E-state index contributed by atoms with van der Waals surface area (Å²) in [6, 6.07) is 0. The molecule has 3 nitrogen and oxygen atoms in total. The van der Waals surface area contributed by atoms with Gasteiger partial charge in [0.15, 0.2) is 0 Å². The first-order valence-corrected chi connectivity index (χ1v) is 5.24. The molecule has 0 aromatic heterocycles. The van der Waals surface area contributed by atoms with E-state index in [9.17, 15) is 0 Å². The van der Waals surface area contributed by atoms with Gasteiger partial charge in [-0.25, -0.2) is 0 Å². The molecule has 2 heterocycles. The maximum Gasteiger partial charge on any atom is 0.146 e. The third-order valence-electron chi connectivity index (χ3n) is 3.54. The predicted octanol–water partition coefficient (Wildman–Crippen LogP) is 1.17. The van der Waals surface area contributed by atoms with Crippen LogP contribution < -0.4 is 0 Å². The van der Waals surface area contributed by atoms with Crippen LogP contribution in [0.5, 0.6) is 0 Å². The molecule has 74 valence electrons. The lowest BCUT2D eigenvalue weighted by molar-refractivity contribution is -0.139. The van der Waals surface area contributed by atoms with Crippen molar-refractivity contribution >= 4 is 0 Å². The van der Waals surface area contributed by atoms with E-state index < -0.39 is 0 Å². The minimum Gasteiger partial charge on any atom is -0.370 e. The van der Waals surface area contributed by atoms with Gasteiger partial charge in [0.25, 0.3) is 0 Å². The van der Waals surface area contributed by atoms with Crippen molar-refractivity contribution in [1.29, 1.82) is 0 Å². The Hall–Kier alpha value is -0.120. The highest BCUT2D eigenvalue weighted by molar-refractivity contribution is 4.93. The van der Waals surface area contributed by atoms with Crippen LogP contribution in [-0.4, -0.2) is 32.2 Å². The molecular weight excluding hydrogens is 168 g/mol. The van der Waals surface area contributed by atoms with E-state index in [4.69, 9.17) is 14.2 Å². The quantitative estimate of drug-likeness (QED) is 0.573. The fraction of sp³-hybridized carbons (Fsp3) is 1.00. The van der Waals surface area contributed by atoms with E-state index in [1.165, 1.54) is 19.3 Å². The molecule has 3 fully saturated rings. The largest absolute Gasteiger partial charge is 0.370 e. The summed E-state index contributed by atoms with van der Waals surface area (Å²) < 4.78 is 16.2. The number of hydrogen-bond donors (Lipinski definition) is 0. The van der Waals surface area contributed by atoms with Crippen molar-refractivity contribution in [2.45, 2.75) is 31.5 Å². The normalized spacial score (nSPS) is 45.7. The Balaban J connectivity index is 1.57. The second kappa shape index (κ2) is 3.23. The van der Waals surface area contributed by atoms with Gasteiger partial charge < -0.3 is 14.2 Å². The fourth-order valence-corrected chi connectivity index (χ4v) is 2.64. The highest BCUT2D eigenvalue weighted by Gasteiger charge is 2.45. The van der Waals surface area contributed by atoms with E-state index in [-0.39, 0.29) is 0 Å². The average Bonchev–Trinajstić information content (AvgIpc) is 2.96. The minimum atomic E-state index is 0.492. The molecule has 0 radical (unpaired) electrons. The molecule has 3 rings (SSSR count). The van der Waals surface area contributed by atoms with E-state index in [0.29, 0.717) is 24.9 Å². The standard InChI is InChI=1S/C10H16O3/c1-2-9-10(13-9)3-7(1)8-4-11-6-12-5-8/h7-10H,1-6H2. The molecule has 0 spiro atoms. The SMILES string of the molecule is C1OCC(C2CCC3OC3C2)CO1. The smallest absolute Gasteiger partial charge is 0.146 e. The van der Waals surface area contributed by atoms with Gasteiger partial charge in [-0.2, -0.15) is 0 Å². The number of ether oxygens (including phenoxy) is 3. The van der Waals surface area contributed by atoms with Gasteiger partial charge in [-0.15, -0.1) is 0 Å². The second-order valence-corrected chi connectivity index (χ2v) is 4.41. The van der Waals surface area contributed by atoms with Crippen LogP contribution in [0.3, 0.4) is 0 Å². The van der Waals surface area contributed by atoms with Gasteiger partial charge in [-0.05, 0) is 25.2 Å².